The van der Waals surface area contributed by atoms with E-state index in [-0.39, 0.29) is 35.9 Å². The second kappa shape index (κ2) is 7.01. The molecule has 0 radical (unpaired) electrons. The van der Waals surface area contributed by atoms with Crippen LogP contribution in [0.3, 0.4) is 0 Å². The van der Waals surface area contributed by atoms with E-state index in [1.807, 2.05) is 13.8 Å². The van der Waals surface area contributed by atoms with Crippen molar-refractivity contribution >= 4 is 15.9 Å². The fourth-order valence-electron chi connectivity index (χ4n) is 3.31. The van der Waals surface area contributed by atoms with E-state index in [1.165, 1.54) is 22.5 Å². The second-order valence-corrected chi connectivity index (χ2v) is 9.00. The van der Waals surface area contributed by atoms with E-state index in [9.17, 15) is 17.6 Å². The first kappa shape index (κ1) is 18.3. The van der Waals surface area contributed by atoms with Gasteiger partial charge in [0.25, 0.3) is 0 Å². The van der Waals surface area contributed by atoms with Gasteiger partial charge in [-0.15, -0.1) is 0 Å². The van der Waals surface area contributed by atoms with E-state index in [0.29, 0.717) is 18.9 Å². The number of hydrogen-bond acceptors (Lipinski definition) is 4. The Kier molecular flexibility index (Phi) is 5.13. The molecule has 2 bridgehead atoms. The van der Waals surface area contributed by atoms with Crippen molar-refractivity contribution in [3.05, 3.63) is 30.1 Å². The highest BCUT2D eigenvalue weighted by Gasteiger charge is 2.47. The normalized spacial score (nSPS) is 26.8. The molecule has 2 saturated heterocycles. The number of benzene rings is 1. The minimum Gasteiger partial charge on any atom is -0.371 e. The van der Waals surface area contributed by atoms with Gasteiger partial charge in [0.2, 0.25) is 15.9 Å². The Bertz CT molecular complexity index is 753. The van der Waals surface area contributed by atoms with E-state index >= 15 is 0 Å². The van der Waals surface area contributed by atoms with Crippen LogP contribution in [0, 0.1) is 17.7 Å². The van der Waals surface area contributed by atoms with Gasteiger partial charge in [-0.25, -0.2) is 12.8 Å². The first-order valence-electron chi connectivity index (χ1n) is 8.46. The predicted molar refractivity (Wildman–Crippen MR) is 89.8 cm³/mol. The summed E-state index contributed by atoms with van der Waals surface area (Å²) in [5.74, 6) is -0.693. The van der Waals surface area contributed by atoms with Crippen LogP contribution in [0.25, 0.3) is 0 Å². The van der Waals surface area contributed by atoms with Crippen LogP contribution in [0.15, 0.2) is 29.2 Å². The largest absolute Gasteiger partial charge is 0.371 e. The summed E-state index contributed by atoms with van der Waals surface area (Å²) >= 11 is 0. The highest BCUT2D eigenvalue weighted by molar-refractivity contribution is 7.89. The van der Waals surface area contributed by atoms with Crippen molar-refractivity contribution in [1.82, 2.24) is 9.62 Å². The van der Waals surface area contributed by atoms with Gasteiger partial charge in [0.15, 0.2) is 0 Å². The molecule has 2 aliphatic rings. The van der Waals surface area contributed by atoms with Gasteiger partial charge in [-0.3, -0.25) is 4.79 Å². The number of sulfonamides is 1. The number of carbonyl (C=O) groups excluding carboxylic acids is 1. The van der Waals surface area contributed by atoms with Crippen LogP contribution in [0.1, 0.15) is 20.3 Å². The highest BCUT2D eigenvalue weighted by Crippen LogP contribution is 2.34. The van der Waals surface area contributed by atoms with Gasteiger partial charge in [0.1, 0.15) is 5.82 Å². The zero-order chi connectivity index (χ0) is 18.2. The van der Waals surface area contributed by atoms with Crippen molar-refractivity contribution in [2.45, 2.75) is 37.4 Å². The Hall–Kier alpha value is -1.51. The minimum atomic E-state index is -3.80. The molecule has 0 saturated carbocycles. The molecule has 1 aromatic carbocycles. The maximum Gasteiger partial charge on any atom is 0.243 e. The number of carbonyl (C=O) groups is 1. The Morgan fingerprint density at radius 3 is 2.84 bits per heavy atom. The van der Waals surface area contributed by atoms with Crippen molar-refractivity contribution in [3.8, 4) is 0 Å². The van der Waals surface area contributed by atoms with Gasteiger partial charge in [0, 0.05) is 19.6 Å². The van der Waals surface area contributed by atoms with E-state index in [0.717, 1.165) is 6.07 Å². The van der Waals surface area contributed by atoms with Crippen molar-refractivity contribution in [1.29, 1.82) is 0 Å². The summed E-state index contributed by atoms with van der Waals surface area (Å²) in [6.07, 6.45) is -0.268. The smallest absolute Gasteiger partial charge is 0.243 e. The molecular weight excluding hydrogens is 347 g/mol. The molecule has 0 unspecified atom stereocenters. The molecular formula is C17H23FN2O4S. The topological polar surface area (TPSA) is 75.7 Å². The van der Waals surface area contributed by atoms with E-state index < -0.39 is 21.9 Å². The molecule has 2 fully saturated rings. The average molecular weight is 370 g/mol. The third-order valence-corrected chi connectivity index (χ3v) is 6.41. The number of nitrogens with one attached hydrogen (secondary N) is 1. The molecule has 0 aliphatic carbocycles. The SMILES string of the molecule is CC(C)CNC(=O)[C@@H]1C[C@H]2CN(S(=O)(=O)c3cccc(F)c3)C[C@@H]1O2. The van der Waals surface area contributed by atoms with Crippen LogP contribution in [-0.2, 0) is 19.6 Å². The predicted octanol–water partition coefficient (Wildman–Crippen LogP) is 1.38. The molecule has 8 heteroatoms. The number of ether oxygens (including phenoxy) is 1. The van der Waals surface area contributed by atoms with Crippen LogP contribution in [-0.4, -0.2) is 50.5 Å². The quantitative estimate of drug-likeness (QED) is 0.850. The lowest BCUT2D eigenvalue weighted by Crippen LogP contribution is -2.48. The lowest BCUT2D eigenvalue weighted by Gasteiger charge is -2.32. The second-order valence-electron chi connectivity index (χ2n) is 7.06. The molecule has 0 aromatic heterocycles. The summed E-state index contributed by atoms with van der Waals surface area (Å²) < 4.78 is 46.0. The van der Waals surface area contributed by atoms with Crippen LogP contribution >= 0.6 is 0 Å². The first-order chi connectivity index (χ1) is 11.8. The van der Waals surface area contributed by atoms with E-state index in [4.69, 9.17) is 4.74 Å². The Morgan fingerprint density at radius 1 is 1.40 bits per heavy atom. The Labute approximate surface area is 147 Å². The van der Waals surface area contributed by atoms with Crippen molar-refractivity contribution in [2.24, 2.45) is 11.8 Å². The summed E-state index contributed by atoms with van der Waals surface area (Å²) in [4.78, 5) is 12.3. The maximum atomic E-state index is 13.4. The molecule has 6 nitrogen and oxygen atoms in total. The molecule has 2 heterocycles. The van der Waals surface area contributed by atoms with Crippen molar-refractivity contribution in [3.63, 3.8) is 0 Å². The Balaban J connectivity index is 1.73. The lowest BCUT2D eigenvalue weighted by atomic mass is 9.99. The summed E-state index contributed by atoms with van der Waals surface area (Å²) in [7, 11) is -3.80. The molecule has 1 N–H and O–H groups in total. The fraction of sp³-hybridized carbons (Fsp3) is 0.588. The molecule has 25 heavy (non-hydrogen) atoms. The standard InChI is InChI=1S/C17H23FN2O4S/c1-11(2)8-19-17(21)15-7-13-9-20(10-16(15)24-13)25(22,23)14-5-3-4-12(18)6-14/h3-6,11,13,15-16H,7-10H2,1-2H3,(H,19,21)/t13-,15+,16-/m0/s1. The number of fused-ring (bicyclic) bond motifs is 2. The van der Waals surface area contributed by atoms with Gasteiger partial charge in [-0.1, -0.05) is 19.9 Å². The third kappa shape index (κ3) is 3.86. The van der Waals surface area contributed by atoms with Gasteiger partial charge in [-0.2, -0.15) is 4.31 Å². The molecule has 138 valence electrons. The number of morpholine rings is 1. The monoisotopic (exact) mass is 370 g/mol. The summed E-state index contributed by atoms with van der Waals surface area (Å²) in [6.45, 7) is 4.89. The number of halogens is 1. The van der Waals surface area contributed by atoms with Crippen LogP contribution in [0.2, 0.25) is 0 Å². The third-order valence-electron chi connectivity index (χ3n) is 4.58. The van der Waals surface area contributed by atoms with Crippen molar-refractivity contribution < 1.29 is 22.3 Å². The molecule has 2 aliphatic heterocycles. The van der Waals surface area contributed by atoms with Crippen molar-refractivity contribution in [2.75, 3.05) is 19.6 Å². The van der Waals surface area contributed by atoms with Gasteiger partial charge >= 0.3 is 0 Å². The zero-order valence-electron chi connectivity index (χ0n) is 14.3. The summed E-state index contributed by atoms with van der Waals surface area (Å²) in [5.41, 5.74) is 0. The summed E-state index contributed by atoms with van der Waals surface area (Å²) in [6, 6.07) is 4.97. The lowest BCUT2D eigenvalue weighted by molar-refractivity contribution is -0.127. The number of amides is 1. The highest BCUT2D eigenvalue weighted by atomic mass is 32.2. The molecule has 1 aromatic rings. The molecule has 3 atom stereocenters. The molecule has 3 rings (SSSR count). The minimum absolute atomic E-state index is 0.0744. The van der Waals surface area contributed by atoms with Crippen LogP contribution in [0.5, 0.6) is 0 Å². The number of nitrogens with zero attached hydrogens (tertiary/aromatic N) is 1. The van der Waals surface area contributed by atoms with Crippen LogP contribution < -0.4 is 5.32 Å². The van der Waals surface area contributed by atoms with E-state index in [2.05, 4.69) is 5.32 Å². The molecule has 0 spiro atoms. The average Bonchev–Trinajstić information content (AvgIpc) is 2.86. The Morgan fingerprint density at radius 2 is 2.16 bits per heavy atom. The summed E-state index contributed by atoms with van der Waals surface area (Å²) in [5, 5.41) is 2.89. The molecule has 1 amide bonds. The maximum absolute atomic E-state index is 13.4. The first-order valence-corrected chi connectivity index (χ1v) is 9.90. The zero-order valence-corrected chi connectivity index (χ0v) is 15.1. The number of hydrogen-bond donors (Lipinski definition) is 1. The fourth-order valence-corrected chi connectivity index (χ4v) is 4.82. The van der Waals surface area contributed by atoms with Crippen LogP contribution in [0.4, 0.5) is 4.39 Å². The van der Waals surface area contributed by atoms with E-state index in [1.54, 1.807) is 0 Å². The van der Waals surface area contributed by atoms with Gasteiger partial charge < -0.3 is 10.1 Å². The van der Waals surface area contributed by atoms with Gasteiger partial charge in [-0.05, 0) is 30.5 Å². The van der Waals surface area contributed by atoms with Gasteiger partial charge in [0.05, 0.1) is 23.0 Å². The number of rotatable bonds is 5.